The van der Waals surface area contributed by atoms with Gasteiger partial charge in [-0.3, -0.25) is 4.79 Å². The van der Waals surface area contributed by atoms with Gasteiger partial charge in [-0.25, -0.2) is 4.52 Å². The summed E-state index contributed by atoms with van der Waals surface area (Å²) in [6, 6.07) is 28.9. The first kappa shape index (κ1) is 21.2. The molecule has 7 nitrogen and oxygen atoms in total. The van der Waals surface area contributed by atoms with E-state index >= 15 is 0 Å². The minimum absolute atomic E-state index is 0.141. The van der Waals surface area contributed by atoms with E-state index in [-0.39, 0.29) is 5.91 Å². The number of hydrogen-bond acceptors (Lipinski definition) is 5. The van der Waals surface area contributed by atoms with Crippen LogP contribution >= 0.6 is 0 Å². The lowest BCUT2D eigenvalue weighted by Crippen LogP contribution is -2.22. The molecule has 0 saturated carbocycles. The first-order chi connectivity index (χ1) is 16.7. The van der Waals surface area contributed by atoms with E-state index in [9.17, 15) is 4.79 Å². The number of nitrogens with zero attached hydrogens (tertiary/aromatic N) is 3. The minimum Gasteiger partial charge on any atom is -0.497 e. The molecule has 0 atom stereocenters. The average molecular weight is 450 g/mol. The average Bonchev–Trinajstić information content (AvgIpc) is 3.30. The number of rotatable bonds is 7. The number of nitrogens with one attached hydrogen (secondary N) is 2. The Morgan fingerprint density at radius 1 is 0.941 bits per heavy atom. The van der Waals surface area contributed by atoms with Crippen LogP contribution in [-0.4, -0.2) is 27.6 Å². The largest absolute Gasteiger partial charge is 0.497 e. The summed E-state index contributed by atoms with van der Waals surface area (Å²) in [6.07, 6.45) is 1.86. The summed E-state index contributed by atoms with van der Waals surface area (Å²) < 4.78 is 6.99. The minimum atomic E-state index is -0.141. The predicted octanol–water partition coefficient (Wildman–Crippen LogP) is 5.08. The van der Waals surface area contributed by atoms with Gasteiger partial charge in [0, 0.05) is 29.6 Å². The molecule has 0 bridgehead atoms. The van der Waals surface area contributed by atoms with Crippen molar-refractivity contribution < 1.29 is 9.53 Å². The summed E-state index contributed by atoms with van der Waals surface area (Å²) in [5.41, 5.74) is 5.04. The van der Waals surface area contributed by atoms with Gasteiger partial charge >= 0.3 is 0 Å². The Hall–Kier alpha value is -4.65. The lowest BCUT2D eigenvalue weighted by molar-refractivity contribution is 0.0951. The molecule has 5 aromatic rings. The fraction of sp³-hybridized carbons (Fsp3) is 0.0741. The Labute approximate surface area is 197 Å². The molecule has 0 spiro atoms. The van der Waals surface area contributed by atoms with Crippen LogP contribution in [0.4, 0.5) is 11.6 Å². The number of pyridine rings is 1. The monoisotopic (exact) mass is 449 g/mol. The third-order valence-corrected chi connectivity index (χ3v) is 5.44. The summed E-state index contributed by atoms with van der Waals surface area (Å²) in [5.74, 6) is 1.10. The molecule has 0 radical (unpaired) electrons. The fourth-order valence-corrected chi connectivity index (χ4v) is 3.70. The van der Waals surface area contributed by atoms with E-state index in [1.807, 2.05) is 85.1 Å². The van der Waals surface area contributed by atoms with Gasteiger partial charge in [0.25, 0.3) is 5.91 Å². The van der Waals surface area contributed by atoms with E-state index in [1.165, 1.54) is 0 Å². The predicted molar refractivity (Wildman–Crippen MR) is 132 cm³/mol. The standard InChI is InChI=1S/C27H23N5O2/c1-34-23-14-12-20(13-15-23)24-11-6-16-32-25(24)30-27(31-32)29-22-10-5-9-21(17-22)26(33)28-18-19-7-3-2-4-8-19/h2-17H,18H2,1H3,(H,28,33)(H,29,31). The summed E-state index contributed by atoms with van der Waals surface area (Å²) in [4.78, 5) is 17.3. The van der Waals surface area contributed by atoms with E-state index in [0.717, 1.165) is 33.8 Å². The van der Waals surface area contributed by atoms with E-state index in [4.69, 9.17) is 4.74 Å². The molecule has 2 aromatic heterocycles. The van der Waals surface area contributed by atoms with E-state index in [0.29, 0.717) is 18.1 Å². The molecule has 0 aliphatic rings. The smallest absolute Gasteiger partial charge is 0.251 e. The van der Waals surface area contributed by atoms with Crippen molar-refractivity contribution in [3.8, 4) is 16.9 Å². The summed E-state index contributed by atoms with van der Waals surface area (Å²) in [6.45, 7) is 0.472. The lowest BCUT2D eigenvalue weighted by Gasteiger charge is -2.07. The second-order valence-corrected chi connectivity index (χ2v) is 7.73. The van der Waals surface area contributed by atoms with E-state index in [2.05, 4.69) is 20.7 Å². The highest BCUT2D eigenvalue weighted by atomic mass is 16.5. The van der Waals surface area contributed by atoms with E-state index < -0.39 is 0 Å². The third-order valence-electron chi connectivity index (χ3n) is 5.44. The number of hydrogen-bond donors (Lipinski definition) is 2. The molecule has 5 rings (SSSR count). The topological polar surface area (TPSA) is 80.5 Å². The maximum Gasteiger partial charge on any atom is 0.251 e. The van der Waals surface area contributed by atoms with Gasteiger partial charge in [-0.2, -0.15) is 4.98 Å². The van der Waals surface area contributed by atoms with Gasteiger partial charge in [0.1, 0.15) is 5.75 Å². The molecule has 3 aromatic carbocycles. The van der Waals surface area contributed by atoms with Crippen molar-refractivity contribution >= 4 is 23.2 Å². The summed E-state index contributed by atoms with van der Waals surface area (Å²) in [7, 11) is 1.65. The zero-order chi connectivity index (χ0) is 23.3. The van der Waals surface area contributed by atoms with Crippen molar-refractivity contribution in [1.29, 1.82) is 0 Å². The SMILES string of the molecule is COc1ccc(-c2cccn3nc(Nc4cccc(C(=O)NCc5ccccc5)c4)nc23)cc1. The zero-order valence-corrected chi connectivity index (χ0v) is 18.6. The molecule has 0 unspecified atom stereocenters. The molecular weight excluding hydrogens is 426 g/mol. The van der Waals surface area contributed by atoms with Crippen LogP contribution in [0.1, 0.15) is 15.9 Å². The van der Waals surface area contributed by atoms with Crippen LogP contribution in [0.25, 0.3) is 16.8 Å². The van der Waals surface area contributed by atoms with Crippen LogP contribution in [0.15, 0.2) is 97.2 Å². The van der Waals surface area contributed by atoms with Crippen molar-refractivity contribution in [3.05, 3.63) is 108 Å². The molecule has 2 heterocycles. The first-order valence-electron chi connectivity index (χ1n) is 10.9. The summed E-state index contributed by atoms with van der Waals surface area (Å²) >= 11 is 0. The van der Waals surface area contributed by atoms with Gasteiger partial charge in [-0.15, -0.1) is 5.10 Å². The fourth-order valence-electron chi connectivity index (χ4n) is 3.70. The molecule has 7 heteroatoms. The van der Waals surface area contributed by atoms with E-state index in [1.54, 1.807) is 23.8 Å². The van der Waals surface area contributed by atoms with Crippen molar-refractivity contribution in [3.63, 3.8) is 0 Å². The number of aromatic nitrogens is 3. The molecule has 0 saturated heterocycles. The molecular formula is C27H23N5O2. The normalized spacial score (nSPS) is 10.7. The highest BCUT2D eigenvalue weighted by Crippen LogP contribution is 2.26. The quantitative estimate of drug-likeness (QED) is 0.362. The number of benzene rings is 3. The number of ether oxygens (including phenoxy) is 1. The highest BCUT2D eigenvalue weighted by molar-refractivity contribution is 5.95. The third kappa shape index (κ3) is 4.59. The second kappa shape index (κ2) is 9.46. The number of anilines is 2. The van der Waals surface area contributed by atoms with Crippen LogP contribution in [0.2, 0.25) is 0 Å². The van der Waals surface area contributed by atoms with Crippen molar-refractivity contribution in [2.75, 3.05) is 12.4 Å². The van der Waals surface area contributed by atoms with Crippen molar-refractivity contribution in [2.24, 2.45) is 0 Å². The zero-order valence-electron chi connectivity index (χ0n) is 18.6. The Balaban J connectivity index is 1.34. The van der Waals surface area contributed by atoms with Crippen molar-refractivity contribution in [1.82, 2.24) is 19.9 Å². The molecule has 168 valence electrons. The van der Waals surface area contributed by atoms with Crippen LogP contribution < -0.4 is 15.4 Å². The first-order valence-corrected chi connectivity index (χ1v) is 10.9. The van der Waals surface area contributed by atoms with Crippen molar-refractivity contribution in [2.45, 2.75) is 6.54 Å². The molecule has 0 aliphatic heterocycles. The molecule has 0 aliphatic carbocycles. The lowest BCUT2D eigenvalue weighted by atomic mass is 10.1. The van der Waals surface area contributed by atoms with Gasteiger partial charge in [-0.1, -0.05) is 48.5 Å². The maximum absolute atomic E-state index is 12.6. The number of carbonyl (C=O) groups excluding carboxylic acids is 1. The Kier molecular flexibility index (Phi) is 5.90. The molecule has 1 amide bonds. The summed E-state index contributed by atoms with van der Waals surface area (Å²) in [5, 5.41) is 10.7. The molecule has 2 N–H and O–H groups in total. The van der Waals surface area contributed by atoms with Crippen LogP contribution in [0, 0.1) is 0 Å². The molecule has 0 fully saturated rings. The number of fused-ring (bicyclic) bond motifs is 1. The number of carbonyl (C=O) groups is 1. The van der Waals surface area contributed by atoms with Crippen LogP contribution in [0.5, 0.6) is 5.75 Å². The van der Waals surface area contributed by atoms with Gasteiger partial charge in [0.05, 0.1) is 7.11 Å². The van der Waals surface area contributed by atoms with Crippen LogP contribution in [-0.2, 0) is 6.54 Å². The molecule has 34 heavy (non-hydrogen) atoms. The Morgan fingerprint density at radius 2 is 1.76 bits per heavy atom. The van der Waals surface area contributed by atoms with Gasteiger partial charge < -0.3 is 15.4 Å². The maximum atomic E-state index is 12.6. The van der Waals surface area contributed by atoms with Crippen LogP contribution in [0.3, 0.4) is 0 Å². The Bertz CT molecular complexity index is 1430. The Morgan fingerprint density at radius 3 is 2.56 bits per heavy atom. The van der Waals surface area contributed by atoms with Gasteiger partial charge in [0.15, 0.2) is 5.65 Å². The van der Waals surface area contributed by atoms with Gasteiger partial charge in [-0.05, 0) is 53.6 Å². The second-order valence-electron chi connectivity index (χ2n) is 7.73. The number of amides is 1. The van der Waals surface area contributed by atoms with Gasteiger partial charge in [0.2, 0.25) is 5.95 Å². The number of methoxy groups -OCH3 is 1. The highest BCUT2D eigenvalue weighted by Gasteiger charge is 2.11.